The summed E-state index contributed by atoms with van der Waals surface area (Å²) in [4.78, 5) is 26.8. The molecule has 2 aliphatic heterocycles. The van der Waals surface area contributed by atoms with Crippen molar-refractivity contribution in [1.29, 1.82) is 0 Å². The molecule has 2 saturated heterocycles. The van der Waals surface area contributed by atoms with Gasteiger partial charge in [0.15, 0.2) is 0 Å². The summed E-state index contributed by atoms with van der Waals surface area (Å²) in [7, 11) is 0. The number of aliphatic hydroxyl groups is 1. The third-order valence-electron chi connectivity index (χ3n) is 5.16. The summed E-state index contributed by atoms with van der Waals surface area (Å²) < 4.78 is 0. The topological polar surface area (TPSA) is 72.9 Å². The van der Waals surface area contributed by atoms with Crippen LogP contribution in [0, 0.1) is 0 Å². The van der Waals surface area contributed by atoms with Crippen LogP contribution in [-0.2, 0) is 11.2 Å². The molecule has 3 rings (SSSR count). The summed E-state index contributed by atoms with van der Waals surface area (Å²) in [5, 5.41) is 12.6. The number of nitrogens with one attached hydrogen (secondary N) is 1. The zero-order chi connectivity index (χ0) is 17.0. The highest BCUT2D eigenvalue weighted by atomic mass is 16.3. The van der Waals surface area contributed by atoms with Gasteiger partial charge in [-0.05, 0) is 37.8 Å². The number of aliphatic hydroxyl groups excluding tert-OH is 1. The normalized spacial score (nSPS) is 24.6. The Bertz CT molecular complexity index is 576. The molecule has 0 spiro atoms. The number of amides is 3. The maximum absolute atomic E-state index is 11.6. The first-order chi connectivity index (χ1) is 11.6. The van der Waals surface area contributed by atoms with E-state index < -0.39 is 0 Å². The van der Waals surface area contributed by atoms with Gasteiger partial charge < -0.3 is 10.4 Å². The van der Waals surface area contributed by atoms with Crippen molar-refractivity contribution in [1.82, 2.24) is 15.1 Å². The third-order valence-corrected chi connectivity index (χ3v) is 5.16. The molecule has 0 aliphatic carbocycles. The number of benzene rings is 1. The van der Waals surface area contributed by atoms with Gasteiger partial charge in [-0.1, -0.05) is 30.3 Å². The van der Waals surface area contributed by atoms with Crippen LogP contribution in [0.2, 0.25) is 0 Å². The van der Waals surface area contributed by atoms with E-state index in [1.54, 1.807) is 0 Å². The first kappa shape index (κ1) is 16.9. The van der Waals surface area contributed by atoms with Gasteiger partial charge in [0.1, 0.15) is 0 Å². The number of imide groups is 1. The molecule has 2 aliphatic rings. The fourth-order valence-electron chi connectivity index (χ4n) is 3.86. The first-order valence-electron chi connectivity index (χ1n) is 8.63. The summed E-state index contributed by atoms with van der Waals surface area (Å²) in [6.07, 6.45) is 3.60. The van der Waals surface area contributed by atoms with Crippen molar-refractivity contribution in [3.05, 3.63) is 35.9 Å². The van der Waals surface area contributed by atoms with Crippen LogP contribution < -0.4 is 5.32 Å². The highest BCUT2D eigenvalue weighted by Crippen LogP contribution is 2.32. The average molecular weight is 331 g/mol. The Balaban J connectivity index is 1.59. The molecule has 130 valence electrons. The van der Waals surface area contributed by atoms with Crippen molar-refractivity contribution in [3.8, 4) is 0 Å². The van der Waals surface area contributed by atoms with Crippen LogP contribution in [0.15, 0.2) is 30.3 Å². The van der Waals surface area contributed by atoms with Crippen molar-refractivity contribution in [2.45, 2.75) is 31.2 Å². The number of hydrogen-bond donors (Lipinski definition) is 2. The number of carbonyl (C=O) groups excluding carboxylic acids is 2. The van der Waals surface area contributed by atoms with Crippen molar-refractivity contribution in [2.75, 3.05) is 32.8 Å². The van der Waals surface area contributed by atoms with E-state index >= 15 is 0 Å². The number of carbonyl (C=O) groups is 2. The lowest BCUT2D eigenvalue weighted by Gasteiger charge is -2.37. The van der Waals surface area contributed by atoms with Gasteiger partial charge in [0.2, 0.25) is 5.91 Å². The summed E-state index contributed by atoms with van der Waals surface area (Å²) in [5.74, 6) is -0.154. The molecule has 24 heavy (non-hydrogen) atoms. The van der Waals surface area contributed by atoms with E-state index in [9.17, 15) is 14.7 Å². The van der Waals surface area contributed by atoms with E-state index in [0.717, 1.165) is 38.8 Å². The van der Waals surface area contributed by atoms with E-state index in [1.165, 1.54) is 10.5 Å². The molecule has 1 aromatic carbocycles. The molecule has 2 N–H and O–H groups in total. The molecule has 0 saturated carbocycles. The molecule has 1 unspecified atom stereocenters. The second-order valence-corrected chi connectivity index (χ2v) is 6.69. The van der Waals surface area contributed by atoms with Crippen molar-refractivity contribution >= 4 is 11.9 Å². The highest BCUT2D eigenvalue weighted by molar-refractivity contribution is 6.01. The molecule has 0 bridgehead atoms. The molecule has 0 aromatic heterocycles. The lowest BCUT2D eigenvalue weighted by Crippen LogP contribution is -2.49. The van der Waals surface area contributed by atoms with Crippen molar-refractivity contribution in [2.24, 2.45) is 0 Å². The molecular formula is C18H25N3O3. The lowest BCUT2D eigenvalue weighted by molar-refractivity contribution is -0.125. The van der Waals surface area contributed by atoms with E-state index in [1.807, 2.05) is 18.2 Å². The predicted molar refractivity (Wildman–Crippen MR) is 90.5 cm³/mol. The number of likely N-dealkylation sites (tertiary alicyclic amines) is 1. The first-order valence-corrected chi connectivity index (χ1v) is 8.63. The summed E-state index contributed by atoms with van der Waals surface area (Å²) >= 11 is 0. The van der Waals surface area contributed by atoms with Gasteiger partial charge in [-0.2, -0.15) is 0 Å². The van der Waals surface area contributed by atoms with Gasteiger partial charge in [0.25, 0.3) is 0 Å². The minimum absolute atomic E-state index is 0.108. The summed E-state index contributed by atoms with van der Waals surface area (Å²) in [6.45, 7) is 2.41. The molecule has 2 fully saturated rings. The fourth-order valence-corrected chi connectivity index (χ4v) is 3.86. The lowest BCUT2D eigenvalue weighted by atomic mass is 9.88. The van der Waals surface area contributed by atoms with Crippen molar-refractivity contribution < 1.29 is 14.7 Å². The van der Waals surface area contributed by atoms with Crippen LogP contribution in [0.5, 0.6) is 0 Å². The number of nitrogens with zero attached hydrogens (tertiary/aromatic N) is 2. The van der Waals surface area contributed by atoms with Crippen LogP contribution in [-0.4, -0.2) is 65.2 Å². The maximum atomic E-state index is 11.6. The molecule has 3 amide bonds. The van der Waals surface area contributed by atoms with Crippen LogP contribution >= 0.6 is 0 Å². The predicted octanol–water partition coefficient (Wildman–Crippen LogP) is 0.998. The number of urea groups is 1. The molecule has 6 heteroatoms. The minimum Gasteiger partial charge on any atom is -0.394 e. The van der Waals surface area contributed by atoms with Crippen LogP contribution in [0.25, 0.3) is 0 Å². The van der Waals surface area contributed by atoms with Crippen LogP contribution in [0.4, 0.5) is 4.79 Å². The second-order valence-electron chi connectivity index (χ2n) is 6.69. The van der Waals surface area contributed by atoms with E-state index in [2.05, 4.69) is 22.3 Å². The fraction of sp³-hybridized carbons (Fsp3) is 0.556. The molecule has 6 nitrogen and oxygen atoms in total. The smallest absolute Gasteiger partial charge is 0.324 e. The molecule has 1 atom stereocenters. The molecule has 1 aromatic rings. The van der Waals surface area contributed by atoms with Gasteiger partial charge in [0, 0.05) is 18.6 Å². The van der Waals surface area contributed by atoms with E-state index in [4.69, 9.17) is 0 Å². The van der Waals surface area contributed by atoms with Gasteiger partial charge in [-0.15, -0.1) is 0 Å². The molecular weight excluding hydrogens is 306 g/mol. The number of rotatable bonds is 7. The van der Waals surface area contributed by atoms with Gasteiger partial charge in [-0.25, -0.2) is 4.79 Å². The Labute approximate surface area is 142 Å². The standard InChI is InChI=1S/C18H25N3O3/c22-14-18(12-15-6-2-1-3-7-15)8-4-9-20(18)10-5-11-21-16(23)13-19-17(21)24/h1-3,6-7,22H,4-5,8-14H2,(H,19,24). The maximum Gasteiger partial charge on any atom is 0.324 e. The summed E-state index contributed by atoms with van der Waals surface area (Å²) in [5.41, 5.74) is 1.01. The largest absolute Gasteiger partial charge is 0.394 e. The van der Waals surface area contributed by atoms with E-state index in [-0.39, 0.29) is 30.6 Å². The monoisotopic (exact) mass is 331 g/mol. The Hall–Kier alpha value is -1.92. The Morgan fingerprint density at radius 1 is 1.17 bits per heavy atom. The Kier molecular flexibility index (Phi) is 5.16. The van der Waals surface area contributed by atoms with Gasteiger partial charge in [0.05, 0.1) is 13.2 Å². The number of hydrogen-bond acceptors (Lipinski definition) is 4. The molecule has 0 radical (unpaired) electrons. The Morgan fingerprint density at radius 2 is 1.96 bits per heavy atom. The van der Waals surface area contributed by atoms with Gasteiger partial charge >= 0.3 is 6.03 Å². The zero-order valence-corrected chi connectivity index (χ0v) is 13.9. The second kappa shape index (κ2) is 7.32. The quantitative estimate of drug-likeness (QED) is 0.731. The van der Waals surface area contributed by atoms with E-state index in [0.29, 0.717) is 6.54 Å². The van der Waals surface area contributed by atoms with Crippen molar-refractivity contribution in [3.63, 3.8) is 0 Å². The van der Waals surface area contributed by atoms with Crippen LogP contribution in [0.3, 0.4) is 0 Å². The average Bonchev–Trinajstić information content (AvgIpc) is 3.14. The minimum atomic E-state index is -0.292. The third kappa shape index (κ3) is 3.44. The highest BCUT2D eigenvalue weighted by Gasteiger charge is 2.40. The van der Waals surface area contributed by atoms with Crippen LogP contribution in [0.1, 0.15) is 24.8 Å². The summed E-state index contributed by atoms with van der Waals surface area (Å²) in [6, 6.07) is 9.95. The SMILES string of the molecule is O=C1CNC(=O)N1CCCN1CCCC1(CO)Cc1ccccc1. The van der Waals surface area contributed by atoms with Gasteiger partial charge in [-0.3, -0.25) is 14.6 Å². The Morgan fingerprint density at radius 3 is 2.62 bits per heavy atom. The molecule has 2 heterocycles. The zero-order valence-electron chi connectivity index (χ0n) is 13.9.